The Morgan fingerprint density at radius 2 is 2.05 bits per heavy atom. The van der Waals surface area contributed by atoms with Gasteiger partial charge in [-0.1, -0.05) is 24.3 Å². The van der Waals surface area contributed by atoms with Crippen molar-refractivity contribution in [3.05, 3.63) is 35.4 Å². The molecule has 0 bridgehead atoms. The van der Waals surface area contributed by atoms with Crippen LogP contribution in [0.3, 0.4) is 0 Å². The monoisotopic (exact) mass is 290 g/mol. The molecule has 1 unspecified atom stereocenters. The summed E-state index contributed by atoms with van der Waals surface area (Å²) in [6.45, 7) is 2.35. The summed E-state index contributed by atoms with van der Waals surface area (Å²) in [5.41, 5.74) is 2.78. The Hall–Kier alpha value is -1.00. The Morgan fingerprint density at radius 1 is 1.25 bits per heavy atom. The molecule has 0 saturated carbocycles. The van der Waals surface area contributed by atoms with E-state index in [1.807, 2.05) is 16.7 Å². The van der Waals surface area contributed by atoms with E-state index in [1.165, 1.54) is 17.5 Å². The van der Waals surface area contributed by atoms with Gasteiger partial charge >= 0.3 is 0 Å². The third kappa shape index (κ3) is 3.18. The third-order valence-electron chi connectivity index (χ3n) is 4.18. The van der Waals surface area contributed by atoms with Gasteiger partial charge in [0.15, 0.2) is 0 Å². The highest BCUT2D eigenvalue weighted by Gasteiger charge is 2.22. The van der Waals surface area contributed by atoms with Gasteiger partial charge in [-0.3, -0.25) is 4.79 Å². The van der Waals surface area contributed by atoms with Crippen molar-refractivity contribution >= 4 is 17.7 Å². The zero-order valence-corrected chi connectivity index (χ0v) is 12.6. The summed E-state index contributed by atoms with van der Waals surface area (Å²) in [4.78, 5) is 14.2. The normalized spacial score (nSPS) is 22.4. The fourth-order valence-corrected chi connectivity index (χ4v) is 4.15. The predicted molar refractivity (Wildman–Crippen MR) is 83.8 cm³/mol. The fourth-order valence-electron chi connectivity index (χ4n) is 3.02. The van der Waals surface area contributed by atoms with Gasteiger partial charge in [-0.2, -0.15) is 11.8 Å². The van der Waals surface area contributed by atoms with Crippen LogP contribution in [0.1, 0.15) is 36.4 Å². The molecule has 0 aliphatic carbocycles. The minimum absolute atomic E-state index is 0.262. The Kier molecular flexibility index (Phi) is 4.63. The van der Waals surface area contributed by atoms with Gasteiger partial charge < -0.3 is 10.2 Å². The molecule has 1 aromatic rings. The zero-order valence-electron chi connectivity index (χ0n) is 11.8. The van der Waals surface area contributed by atoms with E-state index in [2.05, 4.69) is 29.6 Å². The van der Waals surface area contributed by atoms with Crippen molar-refractivity contribution in [2.24, 2.45) is 0 Å². The zero-order chi connectivity index (χ0) is 13.8. The first kappa shape index (κ1) is 14.0. The van der Waals surface area contributed by atoms with Crippen molar-refractivity contribution in [3.63, 3.8) is 0 Å². The summed E-state index contributed by atoms with van der Waals surface area (Å²) in [6.07, 6.45) is 3.59. The second-order valence-corrected chi connectivity index (χ2v) is 6.62. The molecule has 1 saturated heterocycles. The van der Waals surface area contributed by atoms with Gasteiger partial charge in [0.2, 0.25) is 5.91 Å². The summed E-state index contributed by atoms with van der Waals surface area (Å²) in [5, 5.41) is 3.46. The maximum Gasteiger partial charge on any atom is 0.236 e. The summed E-state index contributed by atoms with van der Waals surface area (Å²) in [7, 11) is 0. The molecule has 1 fully saturated rings. The SMILES string of the molecule is O=C(CNC1CSCc2ccccc21)N1CCCCC1. The molecule has 1 aromatic carbocycles. The van der Waals surface area contributed by atoms with Crippen molar-refractivity contribution < 1.29 is 4.79 Å². The van der Waals surface area contributed by atoms with Crippen molar-refractivity contribution in [1.29, 1.82) is 0 Å². The van der Waals surface area contributed by atoms with Crippen molar-refractivity contribution in [3.8, 4) is 0 Å². The smallest absolute Gasteiger partial charge is 0.236 e. The van der Waals surface area contributed by atoms with Crippen LogP contribution in [0, 0.1) is 0 Å². The van der Waals surface area contributed by atoms with E-state index in [1.54, 1.807) is 0 Å². The number of hydrogen-bond acceptors (Lipinski definition) is 3. The number of likely N-dealkylation sites (tertiary alicyclic amines) is 1. The average Bonchev–Trinajstić information content (AvgIpc) is 2.53. The summed E-state index contributed by atoms with van der Waals surface area (Å²) >= 11 is 1.95. The molecule has 3 rings (SSSR count). The molecule has 0 aromatic heterocycles. The lowest BCUT2D eigenvalue weighted by Gasteiger charge is -2.29. The highest BCUT2D eigenvalue weighted by atomic mass is 32.2. The van der Waals surface area contributed by atoms with Crippen molar-refractivity contribution in [2.75, 3.05) is 25.4 Å². The second kappa shape index (κ2) is 6.64. The molecule has 2 aliphatic heterocycles. The Labute approximate surface area is 125 Å². The number of fused-ring (bicyclic) bond motifs is 1. The number of benzene rings is 1. The first-order valence-corrected chi connectivity index (χ1v) is 8.67. The topological polar surface area (TPSA) is 32.3 Å². The lowest BCUT2D eigenvalue weighted by molar-refractivity contribution is -0.131. The van der Waals surface area contributed by atoms with Crippen molar-refractivity contribution in [1.82, 2.24) is 10.2 Å². The highest BCUT2D eigenvalue weighted by molar-refractivity contribution is 7.98. The molecule has 108 valence electrons. The maximum atomic E-state index is 12.2. The Bertz CT molecular complexity index is 471. The molecule has 1 amide bonds. The molecule has 0 spiro atoms. The van der Waals surface area contributed by atoms with E-state index in [-0.39, 0.29) is 5.91 Å². The molecular weight excluding hydrogens is 268 g/mol. The van der Waals surface area contributed by atoms with E-state index in [0.717, 1.165) is 37.4 Å². The minimum Gasteiger partial charge on any atom is -0.342 e. The average molecular weight is 290 g/mol. The summed E-state index contributed by atoms with van der Waals surface area (Å²) in [6, 6.07) is 8.90. The number of nitrogens with zero attached hydrogens (tertiary/aromatic N) is 1. The van der Waals surface area contributed by atoms with Gasteiger partial charge in [-0.25, -0.2) is 0 Å². The number of nitrogens with one attached hydrogen (secondary N) is 1. The number of thioether (sulfide) groups is 1. The maximum absolute atomic E-state index is 12.2. The number of carbonyl (C=O) groups excluding carboxylic acids is 1. The largest absolute Gasteiger partial charge is 0.342 e. The molecule has 0 radical (unpaired) electrons. The molecule has 2 aliphatic rings. The van der Waals surface area contributed by atoms with Gasteiger partial charge in [0.25, 0.3) is 0 Å². The van der Waals surface area contributed by atoms with Crippen LogP contribution in [0.4, 0.5) is 0 Å². The molecule has 1 N–H and O–H groups in total. The van der Waals surface area contributed by atoms with Crippen LogP contribution in [0.15, 0.2) is 24.3 Å². The first-order valence-electron chi connectivity index (χ1n) is 7.51. The van der Waals surface area contributed by atoms with Gasteiger partial charge in [0.05, 0.1) is 6.54 Å². The van der Waals surface area contributed by atoms with Crippen LogP contribution < -0.4 is 5.32 Å². The minimum atomic E-state index is 0.262. The van der Waals surface area contributed by atoms with Gasteiger partial charge in [0, 0.05) is 30.6 Å². The molecule has 1 atom stereocenters. The molecule has 3 nitrogen and oxygen atoms in total. The van der Waals surface area contributed by atoms with Crippen molar-refractivity contribution in [2.45, 2.75) is 31.1 Å². The number of amides is 1. The van der Waals surface area contributed by atoms with Gasteiger partial charge in [-0.15, -0.1) is 0 Å². The summed E-state index contributed by atoms with van der Waals surface area (Å²) in [5.74, 6) is 2.41. The van der Waals surface area contributed by atoms with Crippen LogP contribution >= 0.6 is 11.8 Å². The molecule has 4 heteroatoms. The quantitative estimate of drug-likeness (QED) is 0.928. The lowest BCUT2D eigenvalue weighted by Crippen LogP contribution is -2.42. The van der Waals surface area contributed by atoms with Crippen LogP contribution in [-0.2, 0) is 10.5 Å². The van der Waals surface area contributed by atoms with E-state index in [0.29, 0.717) is 12.6 Å². The standard InChI is InChI=1S/C16H22N2OS/c19-16(18-8-4-1-5-9-18)10-17-15-12-20-11-13-6-2-3-7-14(13)15/h2-3,6-7,15,17H,1,4-5,8-12H2. The second-order valence-electron chi connectivity index (χ2n) is 5.59. The van der Waals surface area contributed by atoms with Gasteiger partial charge in [0.1, 0.15) is 0 Å². The van der Waals surface area contributed by atoms with E-state index in [9.17, 15) is 4.79 Å². The first-order chi connectivity index (χ1) is 9.84. The Morgan fingerprint density at radius 3 is 2.90 bits per heavy atom. The number of piperidine rings is 1. The number of rotatable bonds is 3. The van der Waals surface area contributed by atoms with E-state index >= 15 is 0 Å². The predicted octanol–water partition coefficient (Wildman–Crippen LogP) is 2.58. The fraction of sp³-hybridized carbons (Fsp3) is 0.562. The van der Waals surface area contributed by atoms with E-state index < -0.39 is 0 Å². The van der Waals surface area contributed by atoms with Crippen LogP contribution in [0.2, 0.25) is 0 Å². The van der Waals surface area contributed by atoms with Crippen LogP contribution in [-0.4, -0.2) is 36.2 Å². The lowest BCUT2D eigenvalue weighted by atomic mass is 10.0. The van der Waals surface area contributed by atoms with Gasteiger partial charge in [-0.05, 0) is 30.4 Å². The van der Waals surface area contributed by atoms with Crippen LogP contribution in [0.25, 0.3) is 0 Å². The molecule has 20 heavy (non-hydrogen) atoms. The highest BCUT2D eigenvalue weighted by Crippen LogP contribution is 2.31. The molecule has 2 heterocycles. The summed E-state index contributed by atoms with van der Waals surface area (Å²) < 4.78 is 0. The van der Waals surface area contributed by atoms with E-state index in [4.69, 9.17) is 0 Å². The van der Waals surface area contributed by atoms with Crippen LogP contribution in [0.5, 0.6) is 0 Å². The number of carbonyl (C=O) groups is 1. The third-order valence-corrected chi connectivity index (χ3v) is 5.27. The Balaban J connectivity index is 1.57. The molecular formula is C16H22N2OS. The number of hydrogen-bond donors (Lipinski definition) is 1.